The Bertz CT molecular complexity index is 529. The summed E-state index contributed by atoms with van der Waals surface area (Å²) in [6, 6.07) is 32.5. The zero-order valence-corrected chi connectivity index (χ0v) is 14.1. The molecule has 20 heavy (non-hydrogen) atoms. The molecule has 3 rings (SSSR count). The number of hydrogen-bond donors (Lipinski definition) is 0. The van der Waals surface area contributed by atoms with Crippen LogP contribution in [0.15, 0.2) is 91.0 Å². The Kier molecular flexibility index (Phi) is 5.76. The maximum absolute atomic E-state index is 2.24. The van der Waals surface area contributed by atoms with Crippen LogP contribution in [0.3, 0.4) is 0 Å². The second-order valence-electron chi connectivity index (χ2n) is 4.47. The SMILES string of the molecule is [Au].c1ccc([PH+](c2ccccc2)c2ccccc2)cc1. The van der Waals surface area contributed by atoms with Gasteiger partial charge in [0, 0.05) is 22.4 Å². The van der Waals surface area contributed by atoms with Crippen molar-refractivity contribution in [2.24, 2.45) is 0 Å². The van der Waals surface area contributed by atoms with Crippen LogP contribution in [0.4, 0.5) is 0 Å². The summed E-state index contributed by atoms with van der Waals surface area (Å²) in [6.07, 6.45) is 0. The molecule has 2 heteroatoms. The van der Waals surface area contributed by atoms with Gasteiger partial charge in [-0.1, -0.05) is 54.6 Å². The van der Waals surface area contributed by atoms with Gasteiger partial charge < -0.3 is 0 Å². The van der Waals surface area contributed by atoms with Gasteiger partial charge in [-0.15, -0.1) is 0 Å². The molecule has 0 aromatic heterocycles. The van der Waals surface area contributed by atoms with Crippen LogP contribution in [0.5, 0.6) is 0 Å². The Balaban J connectivity index is 0.00000147. The zero-order chi connectivity index (χ0) is 12.9. The normalized spacial score (nSPS) is 10.1. The van der Waals surface area contributed by atoms with Crippen LogP contribution in [0.2, 0.25) is 0 Å². The topological polar surface area (TPSA) is 0 Å². The van der Waals surface area contributed by atoms with Crippen molar-refractivity contribution >= 4 is 23.8 Å². The molecule has 0 N–H and O–H groups in total. The molecule has 0 unspecified atom stereocenters. The predicted octanol–water partition coefficient (Wildman–Crippen LogP) is 3.17. The maximum atomic E-state index is 2.24. The van der Waals surface area contributed by atoms with Crippen molar-refractivity contribution in [3.05, 3.63) is 91.0 Å². The fourth-order valence-electron chi connectivity index (χ4n) is 2.31. The van der Waals surface area contributed by atoms with Gasteiger partial charge in [0.05, 0.1) is 7.92 Å². The fraction of sp³-hybridized carbons (Fsp3) is 0. The summed E-state index contributed by atoms with van der Waals surface area (Å²) < 4.78 is 0. The summed E-state index contributed by atoms with van der Waals surface area (Å²) in [5.74, 6) is 0. The monoisotopic (exact) mass is 460 g/mol. The molecule has 0 aliphatic carbocycles. The van der Waals surface area contributed by atoms with Crippen molar-refractivity contribution in [3.8, 4) is 0 Å². The van der Waals surface area contributed by atoms with Crippen LogP contribution in [0, 0.1) is 0 Å². The van der Waals surface area contributed by atoms with E-state index in [4.69, 9.17) is 0 Å². The molecule has 0 aliphatic rings. The molecule has 0 spiro atoms. The standard InChI is InChI=1S/C18H15P.Au/c1-4-10-16(11-5-1)19(17-12-6-2-7-13-17)18-14-8-3-9-15-18;/h1-15H;/p+1. The second kappa shape index (κ2) is 7.57. The van der Waals surface area contributed by atoms with Crippen molar-refractivity contribution in [2.45, 2.75) is 0 Å². The first-order chi connectivity index (χ1) is 9.45. The molecular weight excluding hydrogens is 444 g/mol. The van der Waals surface area contributed by atoms with Gasteiger partial charge in [0.2, 0.25) is 0 Å². The Labute approximate surface area is 137 Å². The van der Waals surface area contributed by atoms with E-state index < -0.39 is 7.92 Å². The van der Waals surface area contributed by atoms with Gasteiger partial charge in [0.25, 0.3) is 0 Å². The van der Waals surface area contributed by atoms with E-state index in [1.165, 1.54) is 15.9 Å². The van der Waals surface area contributed by atoms with Gasteiger partial charge in [0.1, 0.15) is 15.9 Å². The molecule has 0 aliphatic heterocycles. The molecule has 3 aromatic carbocycles. The minimum absolute atomic E-state index is 0. The van der Waals surface area contributed by atoms with Crippen LogP contribution in [0.1, 0.15) is 0 Å². The average molecular weight is 460 g/mol. The van der Waals surface area contributed by atoms with E-state index in [2.05, 4.69) is 91.0 Å². The van der Waals surface area contributed by atoms with Crippen LogP contribution >= 0.6 is 7.92 Å². The minimum Gasteiger partial charge on any atom is -0.0620 e. The summed E-state index contributed by atoms with van der Waals surface area (Å²) in [6.45, 7) is 0. The molecule has 1 radical (unpaired) electrons. The second-order valence-corrected chi connectivity index (χ2v) is 6.96. The van der Waals surface area contributed by atoms with Crippen molar-refractivity contribution in [2.75, 3.05) is 0 Å². The van der Waals surface area contributed by atoms with E-state index in [-0.39, 0.29) is 22.4 Å². The molecule has 0 heterocycles. The summed E-state index contributed by atoms with van der Waals surface area (Å²) in [5.41, 5.74) is 0. The third kappa shape index (κ3) is 3.48. The van der Waals surface area contributed by atoms with E-state index in [0.717, 1.165) is 0 Å². The van der Waals surface area contributed by atoms with Gasteiger partial charge >= 0.3 is 0 Å². The quantitative estimate of drug-likeness (QED) is 0.416. The summed E-state index contributed by atoms with van der Waals surface area (Å²) in [4.78, 5) is 0. The predicted molar refractivity (Wildman–Crippen MR) is 86.5 cm³/mol. The summed E-state index contributed by atoms with van der Waals surface area (Å²) in [5, 5.41) is 4.31. The van der Waals surface area contributed by atoms with Gasteiger partial charge in [-0.2, -0.15) is 0 Å². The third-order valence-electron chi connectivity index (χ3n) is 3.19. The van der Waals surface area contributed by atoms with Crippen molar-refractivity contribution < 1.29 is 22.4 Å². The van der Waals surface area contributed by atoms with E-state index in [1.807, 2.05) is 0 Å². The molecule has 0 atom stereocenters. The largest absolute Gasteiger partial charge is 0.102 e. The Hall–Kier alpha value is -1.17. The summed E-state index contributed by atoms with van der Waals surface area (Å²) in [7, 11) is -0.877. The van der Waals surface area contributed by atoms with Crippen molar-refractivity contribution in [1.82, 2.24) is 0 Å². The molecule has 0 saturated carbocycles. The first-order valence-electron chi connectivity index (χ1n) is 6.48. The Morgan fingerprint density at radius 3 is 0.900 bits per heavy atom. The first-order valence-corrected chi connectivity index (χ1v) is 7.98. The molecule has 0 bridgehead atoms. The Morgan fingerprint density at radius 1 is 0.400 bits per heavy atom. The van der Waals surface area contributed by atoms with Crippen LogP contribution in [-0.2, 0) is 22.4 Å². The maximum Gasteiger partial charge on any atom is 0.102 e. The van der Waals surface area contributed by atoms with Crippen LogP contribution < -0.4 is 15.9 Å². The van der Waals surface area contributed by atoms with Crippen LogP contribution in [0.25, 0.3) is 0 Å². The van der Waals surface area contributed by atoms with Gasteiger partial charge in [-0.25, -0.2) is 0 Å². The van der Waals surface area contributed by atoms with Crippen LogP contribution in [-0.4, -0.2) is 0 Å². The van der Waals surface area contributed by atoms with Gasteiger partial charge in [-0.3, -0.25) is 0 Å². The molecule has 0 saturated heterocycles. The number of benzene rings is 3. The molecule has 103 valence electrons. The molecule has 0 amide bonds. The van der Waals surface area contributed by atoms with Crippen molar-refractivity contribution in [1.29, 1.82) is 0 Å². The number of rotatable bonds is 3. The molecule has 0 fully saturated rings. The van der Waals surface area contributed by atoms with Gasteiger partial charge in [0.15, 0.2) is 0 Å². The van der Waals surface area contributed by atoms with E-state index in [9.17, 15) is 0 Å². The molecular formula is C18H16AuP+. The fourth-order valence-corrected chi connectivity index (χ4v) is 4.89. The van der Waals surface area contributed by atoms with Crippen molar-refractivity contribution in [3.63, 3.8) is 0 Å². The van der Waals surface area contributed by atoms with Gasteiger partial charge in [-0.05, 0) is 36.4 Å². The first kappa shape index (κ1) is 15.2. The number of hydrogen-bond acceptors (Lipinski definition) is 0. The smallest absolute Gasteiger partial charge is 0.0620 e. The summed E-state index contributed by atoms with van der Waals surface area (Å²) >= 11 is 0. The zero-order valence-electron chi connectivity index (χ0n) is 11.0. The van der Waals surface area contributed by atoms with E-state index in [0.29, 0.717) is 0 Å². The average Bonchev–Trinajstić information content (AvgIpc) is 2.51. The third-order valence-corrected chi connectivity index (χ3v) is 5.92. The van der Waals surface area contributed by atoms with E-state index >= 15 is 0 Å². The minimum atomic E-state index is -0.877. The van der Waals surface area contributed by atoms with E-state index in [1.54, 1.807) is 0 Å². The molecule has 3 aromatic rings. The Morgan fingerprint density at radius 2 is 0.650 bits per heavy atom. The molecule has 0 nitrogen and oxygen atoms in total.